The molecular formula is C21H14O7. The summed E-state index contributed by atoms with van der Waals surface area (Å²) in [7, 11) is 0. The van der Waals surface area contributed by atoms with E-state index in [4.69, 9.17) is 0 Å². The summed E-state index contributed by atoms with van der Waals surface area (Å²) in [6.07, 6.45) is -1.86. The number of Topliss-reactive ketones (excluding diaryl/α,β-unsaturated/α-hetero) is 5. The number of carbonyl (C=O) groups is 5. The summed E-state index contributed by atoms with van der Waals surface area (Å²) < 4.78 is 0. The highest BCUT2D eigenvalue weighted by Crippen LogP contribution is 2.36. The second-order valence-electron chi connectivity index (χ2n) is 7.02. The van der Waals surface area contributed by atoms with Crippen molar-refractivity contribution >= 4 is 28.9 Å². The summed E-state index contributed by atoms with van der Waals surface area (Å²) in [6, 6.07) is 11.6. The fourth-order valence-electron chi connectivity index (χ4n) is 3.81. The number of carbonyl (C=O) groups excluding carboxylic acids is 5. The van der Waals surface area contributed by atoms with Crippen molar-refractivity contribution in [3.63, 3.8) is 0 Å². The Balaban J connectivity index is 1.59. The third-order valence-corrected chi connectivity index (χ3v) is 5.24. The van der Waals surface area contributed by atoms with E-state index >= 15 is 0 Å². The van der Waals surface area contributed by atoms with Crippen LogP contribution >= 0.6 is 0 Å². The molecule has 0 radical (unpaired) electrons. The van der Waals surface area contributed by atoms with Gasteiger partial charge in [0.15, 0.2) is 11.2 Å². The number of rotatable bonds is 4. The lowest BCUT2D eigenvalue weighted by molar-refractivity contribution is -0.124. The van der Waals surface area contributed by atoms with Crippen LogP contribution in [0.4, 0.5) is 0 Å². The second kappa shape index (κ2) is 5.85. The van der Waals surface area contributed by atoms with E-state index in [1.54, 1.807) is 0 Å². The molecule has 2 aromatic rings. The number of fused-ring (bicyclic) bond motifs is 2. The molecule has 0 bridgehead atoms. The van der Waals surface area contributed by atoms with E-state index < -0.39 is 53.0 Å². The first kappa shape index (κ1) is 18.1. The van der Waals surface area contributed by atoms with Crippen LogP contribution in [0.15, 0.2) is 48.5 Å². The van der Waals surface area contributed by atoms with E-state index in [-0.39, 0.29) is 22.3 Å². The molecule has 2 N–H and O–H groups in total. The SMILES string of the molecule is O=C(CC1(O)C(=O)c2ccccc2C1=O)CC1(O)C(=O)c2ccccc2C1=O. The zero-order valence-corrected chi connectivity index (χ0v) is 14.5. The molecule has 0 atom stereocenters. The normalized spacial score (nSPS) is 18.9. The van der Waals surface area contributed by atoms with Crippen molar-refractivity contribution in [3.8, 4) is 0 Å². The van der Waals surface area contributed by atoms with Gasteiger partial charge in [0, 0.05) is 22.3 Å². The van der Waals surface area contributed by atoms with Crippen LogP contribution in [0.2, 0.25) is 0 Å². The van der Waals surface area contributed by atoms with Crippen molar-refractivity contribution in [2.24, 2.45) is 0 Å². The number of hydrogen-bond donors (Lipinski definition) is 2. The third-order valence-electron chi connectivity index (χ3n) is 5.24. The minimum atomic E-state index is -2.60. The van der Waals surface area contributed by atoms with Crippen molar-refractivity contribution in [2.75, 3.05) is 0 Å². The van der Waals surface area contributed by atoms with Gasteiger partial charge < -0.3 is 10.2 Å². The summed E-state index contributed by atoms with van der Waals surface area (Å²) in [5.41, 5.74) is -5.20. The highest BCUT2D eigenvalue weighted by molar-refractivity contribution is 6.34. The molecule has 7 heteroatoms. The standard InChI is InChI=1S/C21H14O7/c22-11(9-20(27)16(23)12-5-1-2-6-13(12)17(20)24)10-21(28)18(25)14-7-3-4-8-15(14)19(21)26/h1-8,27-28H,9-10H2. The summed E-state index contributed by atoms with van der Waals surface area (Å²) >= 11 is 0. The molecule has 2 aromatic carbocycles. The van der Waals surface area contributed by atoms with Gasteiger partial charge in [-0.3, -0.25) is 24.0 Å². The number of hydrogen-bond acceptors (Lipinski definition) is 7. The zero-order valence-electron chi connectivity index (χ0n) is 14.5. The van der Waals surface area contributed by atoms with Crippen LogP contribution in [-0.4, -0.2) is 50.3 Å². The Morgan fingerprint density at radius 1 is 0.607 bits per heavy atom. The lowest BCUT2D eigenvalue weighted by Crippen LogP contribution is -2.47. The maximum absolute atomic E-state index is 12.5. The molecule has 0 aliphatic heterocycles. The Morgan fingerprint density at radius 2 is 0.857 bits per heavy atom. The maximum Gasteiger partial charge on any atom is 0.203 e. The van der Waals surface area contributed by atoms with Gasteiger partial charge in [-0.15, -0.1) is 0 Å². The van der Waals surface area contributed by atoms with Gasteiger partial charge in [-0.2, -0.15) is 0 Å². The van der Waals surface area contributed by atoms with Gasteiger partial charge >= 0.3 is 0 Å². The lowest BCUT2D eigenvalue weighted by Gasteiger charge is -2.22. The van der Waals surface area contributed by atoms with Crippen LogP contribution in [0.1, 0.15) is 54.3 Å². The van der Waals surface area contributed by atoms with Crippen molar-refractivity contribution < 1.29 is 34.2 Å². The van der Waals surface area contributed by atoms with Gasteiger partial charge in [0.25, 0.3) is 0 Å². The fraction of sp³-hybridized carbons (Fsp3) is 0.190. The molecule has 2 aliphatic rings. The average molecular weight is 378 g/mol. The van der Waals surface area contributed by atoms with Crippen molar-refractivity contribution in [1.82, 2.24) is 0 Å². The van der Waals surface area contributed by atoms with Crippen molar-refractivity contribution in [2.45, 2.75) is 24.0 Å². The van der Waals surface area contributed by atoms with Crippen LogP contribution in [0.3, 0.4) is 0 Å². The van der Waals surface area contributed by atoms with Gasteiger partial charge in [-0.1, -0.05) is 48.5 Å². The Labute approximate surface area is 158 Å². The molecule has 0 saturated heterocycles. The molecule has 0 heterocycles. The highest BCUT2D eigenvalue weighted by atomic mass is 16.3. The third kappa shape index (κ3) is 2.27. The fourth-order valence-corrected chi connectivity index (χ4v) is 3.81. The van der Waals surface area contributed by atoms with Crippen LogP contribution < -0.4 is 0 Å². The predicted octanol–water partition coefficient (Wildman–Crippen LogP) is 0.956. The zero-order chi connectivity index (χ0) is 20.3. The first-order valence-corrected chi connectivity index (χ1v) is 8.54. The van der Waals surface area contributed by atoms with Crippen LogP contribution in [0, 0.1) is 0 Å². The first-order valence-electron chi connectivity index (χ1n) is 8.54. The quantitative estimate of drug-likeness (QED) is 0.759. The van der Waals surface area contributed by atoms with E-state index in [9.17, 15) is 34.2 Å². The molecule has 4 rings (SSSR count). The summed E-state index contributed by atoms with van der Waals surface area (Å²) in [4.78, 5) is 62.4. The van der Waals surface area contributed by atoms with E-state index in [0.29, 0.717) is 0 Å². The van der Waals surface area contributed by atoms with Gasteiger partial charge in [-0.05, 0) is 0 Å². The summed E-state index contributed by atoms with van der Waals surface area (Å²) in [5.74, 6) is -4.61. The van der Waals surface area contributed by atoms with Crippen LogP contribution in [0.25, 0.3) is 0 Å². The molecule has 0 amide bonds. The van der Waals surface area contributed by atoms with E-state index in [0.717, 1.165) is 0 Å². The molecule has 0 saturated carbocycles. The largest absolute Gasteiger partial charge is 0.374 e. The molecule has 7 nitrogen and oxygen atoms in total. The first-order chi connectivity index (χ1) is 13.2. The highest BCUT2D eigenvalue weighted by Gasteiger charge is 2.56. The maximum atomic E-state index is 12.5. The minimum Gasteiger partial charge on any atom is -0.374 e. The Hall–Kier alpha value is -3.29. The molecule has 0 aromatic heterocycles. The Kier molecular flexibility index (Phi) is 3.78. The Bertz CT molecular complexity index is 940. The average Bonchev–Trinajstić information content (AvgIpc) is 2.99. The number of ketones is 5. The minimum absolute atomic E-state index is 0.00179. The van der Waals surface area contributed by atoms with Crippen molar-refractivity contribution in [3.05, 3.63) is 70.8 Å². The van der Waals surface area contributed by atoms with Gasteiger partial charge in [0.2, 0.25) is 23.1 Å². The Morgan fingerprint density at radius 3 is 1.11 bits per heavy atom. The summed E-state index contributed by atoms with van der Waals surface area (Å²) in [5, 5.41) is 21.2. The molecule has 140 valence electrons. The number of aliphatic hydroxyl groups is 2. The molecule has 0 unspecified atom stereocenters. The lowest BCUT2D eigenvalue weighted by atomic mass is 9.85. The van der Waals surface area contributed by atoms with E-state index in [1.165, 1.54) is 48.5 Å². The molecular weight excluding hydrogens is 364 g/mol. The van der Waals surface area contributed by atoms with Crippen LogP contribution in [-0.2, 0) is 4.79 Å². The summed E-state index contributed by atoms with van der Waals surface area (Å²) in [6.45, 7) is 0. The van der Waals surface area contributed by atoms with E-state index in [2.05, 4.69) is 0 Å². The van der Waals surface area contributed by atoms with Gasteiger partial charge in [-0.25, -0.2) is 0 Å². The number of benzene rings is 2. The predicted molar refractivity (Wildman–Crippen MR) is 94.3 cm³/mol. The van der Waals surface area contributed by atoms with Gasteiger partial charge in [0.05, 0.1) is 12.8 Å². The molecule has 0 spiro atoms. The van der Waals surface area contributed by atoms with E-state index in [1.807, 2.05) is 0 Å². The van der Waals surface area contributed by atoms with Crippen molar-refractivity contribution in [1.29, 1.82) is 0 Å². The van der Waals surface area contributed by atoms with Gasteiger partial charge in [0.1, 0.15) is 5.78 Å². The molecule has 2 aliphatic carbocycles. The van der Waals surface area contributed by atoms with Crippen LogP contribution in [0.5, 0.6) is 0 Å². The monoisotopic (exact) mass is 378 g/mol. The molecule has 28 heavy (non-hydrogen) atoms. The smallest absolute Gasteiger partial charge is 0.203 e. The second-order valence-corrected chi connectivity index (χ2v) is 7.02. The topological polar surface area (TPSA) is 126 Å². The molecule has 0 fully saturated rings.